The molecule has 20 heavy (non-hydrogen) atoms. The predicted octanol–water partition coefficient (Wildman–Crippen LogP) is 3.54. The Morgan fingerprint density at radius 2 is 1.80 bits per heavy atom. The molecule has 108 valence electrons. The van der Waals surface area contributed by atoms with Crippen molar-refractivity contribution in [2.24, 2.45) is 11.8 Å². The van der Waals surface area contributed by atoms with Gasteiger partial charge in [-0.1, -0.05) is 50.8 Å². The second-order valence-corrected chi connectivity index (χ2v) is 5.38. The van der Waals surface area contributed by atoms with E-state index in [9.17, 15) is 9.59 Å². The molecule has 0 saturated heterocycles. The minimum absolute atomic E-state index is 0.0413. The van der Waals surface area contributed by atoms with Gasteiger partial charge in [0, 0.05) is 11.5 Å². The van der Waals surface area contributed by atoms with E-state index in [4.69, 9.17) is 4.74 Å². The molecule has 0 radical (unpaired) electrons. The van der Waals surface area contributed by atoms with Gasteiger partial charge in [0.15, 0.2) is 0 Å². The smallest absolute Gasteiger partial charge is 0.334 e. The van der Waals surface area contributed by atoms with Gasteiger partial charge in [-0.25, -0.2) is 4.79 Å². The molecule has 0 N–H and O–H groups in total. The number of ketones is 1. The normalized spacial score (nSPS) is 12.0. The van der Waals surface area contributed by atoms with Gasteiger partial charge in [0.2, 0.25) is 0 Å². The molecule has 0 amide bonds. The number of ether oxygens (including phenoxy) is 1. The summed E-state index contributed by atoms with van der Waals surface area (Å²) in [5.74, 6) is -0.657. The summed E-state index contributed by atoms with van der Waals surface area (Å²) in [6, 6.07) is 9.43. The first-order valence-corrected chi connectivity index (χ1v) is 6.82. The van der Waals surface area contributed by atoms with Gasteiger partial charge in [0.25, 0.3) is 0 Å². The fourth-order valence-corrected chi connectivity index (χ4v) is 1.98. The molecule has 0 fully saturated rings. The molecule has 1 aromatic rings. The van der Waals surface area contributed by atoms with E-state index in [0.717, 1.165) is 5.56 Å². The topological polar surface area (TPSA) is 43.4 Å². The monoisotopic (exact) mass is 274 g/mol. The SMILES string of the molecule is C=C(C(=O)OCc1ccccc1)[C@@H](CC(C)C)C(C)=O. The zero-order valence-corrected chi connectivity index (χ0v) is 12.4. The van der Waals surface area contributed by atoms with Gasteiger partial charge in [-0.2, -0.15) is 0 Å². The van der Waals surface area contributed by atoms with Crippen LogP contribution in [0.3, 0.4) is 0 Å². The van der Waals surface area contributed by atoms with Crippen molar-refractivity contribution in [3.05, 3.63) is 48.0 Å². The van der Waals surface area contributed by atoms with E-state index >= 15 is 0 Å². The van der Waals surface area contributed by atoms with E-state index in [-0.39, 0.29) is 18.0 Å². The third kappa shape index (κ3) is 5.00. The van der Waals surface area contributed by atoms with E-state index in [1.807, 2.05) is 44.2 Å². The Labute approximate surface area is 120 Å². The van der Waals surface area contributed by atoms with Crippen molar-refractivity contribution >= 4 is 11.8 Å². The highest BCUT2D eigenvalue weighted by Crippen LogP contribution is 2.21. The minimum atomic E-state index is -0.491. The van der Waals surface area contributed by atoms with Crippen LogP contribution in [-0.4, -0.2) is 11.8 Å². The van der Waals surface area contributed by atoms with Gasteiger partial charge in [-0.3, -0.25) is 4.79 Å². The summed E-state index contributed by atoms with van der Waals surface area (Å²) in [4.78, 5) is 23.6. The maximum absolute atomic E-state index is 12.0. The van der Waals surface area contributed by atoms with Crippen LogP contribution in [0.15, 0.2) is 42.5 Å². The summed E-state index contributed by atoms with van der Waals surface area (Å²) in [5.41, 5.74) is 1.17. The van der Waals surface area contributed by atoms with E-state index in [2.05, 4.69) is 6.58 Å². The van der Waals surface area contributed by atoms with Crippen molar-refractivity contribution in [1.29, 1.82) is 0 Å². The van der Waals surface area contributed by atoms with Gasteiger partial charge in [0.1, 0.15) is 12.4 Å². The van der Waals surface area contributed by atoms with E-state index in [0.29, 0.717) is 12.3 Å². The van der Waals surface area contributed by atoms with Crippen molar-refractivity contribution in [3.63, 3.8) is 0 Å². The van der Waals surface area contributed by atoms with Crippen LogP contribution in [0.2, 0.25) is 0 Å². The second kappa shape index (κ2) is 7.63. The molecule has 1 rings (SSSR count). The molecule has 0 saturated carbocycles. The molecule has 1 aromatic carbocycles. The summed E-state index contributed by atoms with van der Waals surface area (Å²) in [7, 11) is 0. The lowest BCUT2D eigenvalue weighted by Crippen LogP contribution is -2.22. The van der Waals surface area contributed by atoms with Gasteiger partial charge in [-0.05, 0) is 24.8 Å². The van der Waals surface area contributed by atoms with Crippen LogP contribution < -0.4 is 0 Å². The Kier molecular flexibility index (Phi) is 6.16. The number of hydrogen-bond acceptors (Lipinski definition) is 3. The number of benzene rings is 1. The number of esters is 1. The first-order chi connectivity index (χ1) is 9.41. The largest absolute Gasteiger partial charge is 0.457 e. The molecule has 3 nitrogen and oxygen atoms in total. The lowest BCUT2D eigenvalue weighted by molar-refractivity contribution is -0.142. The van der Waals surface area contributed by atoms with Crippen molar-refractivity contribution in [1.82, 2.24) is 0 Å². The van der Waals surface area contributed by atoms with Crippen LogP contribution >= 0.6 is 0 Å². The molecule has 0 aliphatic rings. The molecule has 0 unspecified atom stereocenters. The molecule has 0 aromatic heterocycles. The number of Topliss-reactive ketones (excluding diaryl/α,β-unsaturated/α-hetero) is 1. The second-order valence-electron chi connectivity index (χ2n) is 5.38. The highest BCUT2D eigenvalue weighted by atomic mass is 16.5. The third-order valence-electron chi connectivity index (χ3n) is 3.09. The zero-order chi connectivity index (χ0) is 15.1. The summed E-state index contributed by atoms with van der Waals surface area (Å²) in [5, 5.41) is 0. The third-order valence-corrected chi connectivity index (χ3v) is 3.09. The molecule has 0 bridgehead atoms. The van der Waals surface area contributed by atoms with Crippen molar-refractivity contribution in [3.8, 4) is 0 Å². The first kappa shape index (κ1) is 16.2. The Morgan fingerprint density at radius 3 is 2.30 bits per heavy atom. The maximum Gasteiger partial charge on any atom is 0.334 e. The molecule has 0 aliphatic heterocycles. The zero-order valence-electron chi connectivity index (χ0n) is 12.4. The number of carbonyl (C=O) groups is 2. The average molecular weight is 274 g/mol. The minimum Gasteiger partial charge on any atom is -0.457 e. The van der Waals surface area contributed by atoms with Gasteiger partial charge >= 0.3 is 5.97 Å². The number of carbonyl (C=O) groups excluding carboxylic acids is 2. The fourth-order valence-electron chi connectivity index (χ4n) is 1.98. The summed E-state index contributed by atoms with van der Waals surface area (Å²) in [6.45, 7) is 9.46. The molecule has 0 heterocycles. The Hall–Kier alpha value is -1.90. The van der Waals surface area contributed by atoms with Crippen LogP contribution in [0.5, 0.6) is 0 Å². The first-order valence-electron chi connectivity index (χ1n) is 6.82. The van der Waals surface area contributed by atoms with Gasteiger partial charge in [0.05, 0.1) is 0 Å². The highest BCUT2D eigenvalue weighted by molar-refractivity contribution is 5.96. The fraction of sp³-hybridized carbons (Fsp3) is 0.412. The van der Waals surface area contributed by atoms with Crippen molar-refractivity contribution < 1.29 is 14.3 Å². The highest BCUT2D eigenvalue weighted by Gasteiger charge is 2.25. The Morgan fingerprint density at radius 1 is 1.20 bits per heavy atom. The summed E-state index contributed by atoms with van der Waals surface area (Å²) in [6.07, 6.45) is 0.620. The van der Waals surface area contributed by atoms with E-state index < -0.39 is 11.9 Å². The number of hydrogen-bond donors (Lipinski definition) is 0. The van der Waals surface area contributed by atoms with Crippen LogP contribution in [0.1, 0.15) is 32.8 Å². The Balaban J connectivity index is 2.61. The summed E-state index contributed by atoms with van der Waals surface area (Å²) < 4.78 is 5.21. The van der Waals surface area contributed by atoms with Crippen molar-refractivity contribution in [2.45, 2.75) is 33.8 Å². The van der Waals surface area contributed by atoms with Crippen LogP contribution in [0.25, 0.3) is 0 Å². The van der Waals surface area contributed by atoms with E-state index in [1.54, 1.807) is 0 Å². The molecular formula is C17H22O3. The van der Waals surface area contributed by atoms with Gasteiger partial charge in [-0.15, -0.1) is 0 Å². The summed E-state index contributed by atoms with van der Waals surface area (Å²) >= 11 is 0. The van der Waals surface area contributed by atoms with Crippen molar-refractivity contribution in [2.75, 3.05) is 0 Å². The molecule has 3 heteroatoms. The molecular weight excluding hydrogens is 252 g/mol. The van der Waals surface area contributed by atoms with Gasteiger partial charge < -0.3 is 4.74 Å². The number of rotatable bonds is 7. The van der Waals surface area contributed by atoms with Crippen LogP contribution in [-0.2, 0) is 20.9 Å². The molecule has 1 atom stereocenters. The van der Waals surface area contributed by atoms with Crippen LogP contribution in [0.4, 0.5) is 0 Å². The van der Waals surface area contributed by atoms with Crippen LogP contribution in [0, 0.1) is 11.8 Å². The predicted molar refractivity (Wildman–Crippen MR) is 79.0 cm³/mol. The Bertz CT molecular complexity index is 474. The lowest BCUT2D eigenvalue weighted by atomic mass is 9.88. The lowest BCUT2D eigenvalue weighted by Gasteiger charge is -2.17. The maximum atomic E-state index is 12.0. The quantitative estimate of drug-likeness (QED) is 0.564. The standard InChI is InChI=1S/C17H22O3/c1-12(2)10-16(14(4)18)13(3)17(19)20-11-15-8-6-5-7-9-15/h5-9,12,16H,3,10-11H2,1-2,4H3/t16-/m1/s1. The molecule has 0 spiro atoms. The van der Waals surface area contributed by atoms with E-state index in [1.165, 1.54) is 6.92 Å². The molecule has 0 aliphatic carbocycles. The average Bonchev–Trinajstić information content (AvgIpc) is 2.42.